The number of hydrogen-bond acceptors (Lipinski definition) is 4. The highest BCUT2D eigenvalue weighted by molar-refractivity contribution is 5.96. The molecule has 6 nitrogen and oxygen atoms in total. The molecule has 1 aromatic heterocycles. The molecule has 0 aliphatic rings. The number of anilines is 1. The first-order valence-electron chi connectivity index (χ1n) is 5.84. The average molecular weight is 250 g/mol. The Hall–Kier alpha value is -2.11. The lowest BCUT2D eigenvalue weighted by Gasteiger charge is -2.13. The SMILES string of the molecule is CCCNC(=O)C(C)NC(=O)c1ccc(N)cn1. The normalized spacial score (nSPS) is 11.7. The highest BCUT2D eigenvalue weighted by Crippen LogP contribution is 2.01. The molecule has 0 saturated carbocycles. The summed E-state index contributed by atoms with van der Waals surface area (Å²) < 4.78 is 0. The van der Waals surface area contributed by atoms with Gasteiger partial charge in [-0.15, -0.1) is 0 Å². The van der Waals surface area contributed by atoms with E-state index in [0.29, 0.717) is 12.2 Å². The number of nitrogen functional groups attached to an aromatic ring is 1. The van der Waals surface area contributed by atoms with Crippen molar-refractivity contribution in [2.75, 3.05) is 12.3 Å². The lowest BCUT2D eigenvalue weighted by molar-refractivity contribution is -0.122. The maximum Gasteiger partial charge on any atom is 0.270 e. The van der Waals surface area contributed by atoms with Crippen LogP contribution in [0.5, 0.6) is 0 Å². The minimum Gasteiger partial charge on any atom is -0.397 e. The van der Waals surface area contributed by atoms with Crippen molar-refractivity contribution in [3.63, 3.8) is 0 Å². The van der Waals surface area contributed by atoms with Crippen LogP contribution >= 0.6 is 0 Å². The van der Waals surface area contributed by atoms with Gasteiger partial charge in [0.15, 0.2) is 0 Å². The van der Waals surface area contributed by atoms with Gasteiger partial charge in [0.2, 0.25) is 5.91 Å². The van der Waals surface area contributed by atoms with Crippen LogP contribution in [0.25, 0.3) is 0 Å². The van der Waals surface area contributed by atoms with Gasteiger partial charge in [-0.1, -0.05) is 6.92 Å². The number of rotatable bonds is 5. The summed E-state index contributed by atoms with van der Waals surface area (Å²) in [5, 5.41) is 5.27. The van der Waals surface area contributed by atoms with Crippen molar-refractivity contribution in [1.82, 2.24) is 15.6 Å². The summed E-state index contributed by atoms with van der Waals surface area (Å²) in [5.74, 6) is -0.602. The molecule has 18 heavy (non-hydrogen) atoms. The number of nitrogens with one attached hydrogen (secondary N) is 2. The van der Waals surface area contributed by atoms with E-state index in [1.165, 1.54) is 12.3 Å². The van der Waals surface area contributed by atoms with Gasteiger partial charge in [-0.3, -0.25) is 9.59 Å². The van der Waals surface area contributed by atoms with Gasteiger partial charge in [-0.25, -0.2) is 4.98 Å². The van der Waals surface area contributed by atoms with E-state index in [0.717, 1.165) is 6.42 Å². The zero-order valence-corrected chi connectivity index (χ0v) is 10.6. The fraction of sp³-hybridized carbons (Fsp3) is 0.417. The summed E-state index contributed by atoms with van der Waals surface area (Å²) in [4.78, 5) is 27.2. The molecule has 1 heterocycles. The van der Waals surface area contributed by atoms with Crippen LogP contribution in [0, 0.1) is 0 Å². The molecular formula is C12H18N4O2. The van der Waals surface area contributed by atoms with Crippen molar-refractivity contribution in [3.8, 4) is 0 Å². The van der Waals surface area contributed by atoms with E-state index < -0.39 is 11.9 Å². The molecule has 1 atom stereocenters. The first kappa shape index (κ1) is 14.0. The summed E-state index contributed by atoms with van der Waals surface area (Å²) in [5.41, 5.74) is 6.19. The Balaban J connectivity index is 2.53. The smallest absolute Gasteiger partial charge is 0.270 e. The molecule has 1 aromatic rings. The summed E-state index contributed by atoms with van der Waals surface area (Å²) in [6, 6.07) is 2.51. The Morgan fingerprint density at radius 2 is 2.17 bits per heavy atom. The van der Waals surface area contributed by atoms with Crippen LogP contribution in [-0.4, -0.2) is 29.4 Å². The Morgan fingerprint density at radius 1 is 1.44 bits per heavy atom. The molecule has 6 heteroatoms. The molecule has 0 bridgehead atoms. The summed E-state index contributed by atoms with van der Waals surface area (Å²) in [6.45, 7) is 4.18. The molecule has 2 amide bonds. The van der Waals surface area contributed by atoms with Gasteiger partial charge in [-0.2, -0.15) is 0 Å². The Morgan fingerprint density at radius 3 is 2.72 bits per heavy atom. The Bertz CT molecular complexity index is 417. The summed E-state index contributed by atoms with van der Waals surface area (Å²) in [7, 11) is 0. The predicted octanol–water partition coefficient (Wildman–Crippen LogP) is 0.308. The average Bonchev–Trinajstić information content (AvgIpc) is 2.36. The quantitative estimate of drug-likeness (QED) is 0.700. The first-order valence-corrected chi connectivity index (χ1v) is 5.84. The van der Waals surface area contributed by atoms with Crippen molar-refractivity contribution in [1.29, 1.82) is 0 Å². The van der Waals surface area contributed by atoms with Crippen LogP contribution in [0.3, 0.4) is 0 Å². The van der Waals surface area contributed by atoms with Crippen molar-refractivity contribution in [2.45, 2.75) is 26.3 Å². The predicted molar refractivity (Wildman–Crippen MR) is 68.9 cm³/mol. The molecule has 0 fully saturated rings. The number of hydrogen-bond donors (Lipinski definition) is 3. The minimum atomic E-state index is -0.594. The molecule has 0 saturated heterocycles. The Kier molecular flexibility index (Phi) is 5.10. The molecular weight excluding hydrogens is 232 g/mol. The van der Waals surface area contributed by atoms with Crippen LogP contribution in [0.1, 0.15) is 30.8 Å². The number of carbonyl (C=O) groups is 2. The zero-order chi connectivity index (χ0) is 13.5. The van der Waals surface area contributed by atoms with Crippen molar-refractivity contribution in [3.05, 3.63) is 24.0 Å². The molecule has 1 rings (SSSR count). The molecule has 0 aliphatic carbocycles. The summed E-state index contributed by atoms with van der Waals surface area (Å²) >= 11 is 0. The van der Waals surface area contributed by atoms with Crippen LogP contribution < -0.4 is 16.4 Å². The van der Waals surface area contributed by atoms with E-state index in [2.05, 4.69) is 15.6 Å². The Labute approximate surface area is 106 Å². The van der Waals surface area contributed by atoms with Gasteiger partial charge < -0.3 is 16.4 Å². The summed E-state index contributed by atoms with van der Waals surface area (Å²) in [6.07, 6.45) is 2.25. The number of nitrogens with two attached hydrogens (primary N) is 1. The number of pyridine rings is 1. The molecule has 98 valence electrons. The van der Waals surface area contributed by atoms with Gasteiger partial charge in [-0.05, 0) is 25.5 Å². The van der Waals surface area contributed by atoms with E-state index in [-0.39, 0.29) is 11.6 Å². The number of carbonyl (C=O) groups excluding carboxylic acids is 2. The molecule has 0 aromatic carbocycles. The van der Waals surface area contributed by atoms with E-state index in [1.807, 2.05) is 6.92 Å². The van der Waals surface area contributed by atoms with Gasteiger partial charge >= 0.3 is 0 Å². The van der Waals surface area contributed by atoms with Crippen molar-refractivity contribution < 1.29 is 9.59 Å². The zero-order valence-electron chi connectivity index (χ0n) is 10.6. The third kappa shape index (κ3) is 4.04. The van der Waals surface area contributed by atoms with Crippen LogP contribution in [-0.2, 0) is 4.79 Å². The maximum absolute atomic E-state index is 11.8. The maximum atomic E-state index is 11.8. The van der Waals surface area contributed by atoms with E-state index in [4.69, 9.17) is 5.73 Å². The third-order valence-electron chi connectivity index (χ3n) is 2.31. The van der Waals surface area contributed by atoms with E-state index in [1.54, 1.807) is 13.0 Å². The standard InChI is InChI=1S/C12H18N4O2/c1-3-6-14-11(17)8(2)16-12(18)10-5-4-9(13)7-15-10/h4-5,7-8H,3,6,13H2,1-2H3,(H,14,17)(H,16,18). The highest BCUT2D eigenvalue weighted by Gasteiger charge is 2.16. The van der Waals surface area contributed by atoms with Crippen LogP contribution in [0.15, 0.2) is 18.3 Å². The largest absolute Gasteiger partial charge is 0.397 e. The number of aromatic nitrogens is 1. The molecule has 1 unspecified atom stereocenters. The molecule has 0 radical (unpaired) electrons. The second-order valence-corrected chi connectivity index (χ2v) is 3.96. The van der Waals surface area contributed by atoms with E-state index >= 15 is 0 Å². The van der Waals surface area contributed by atoms with E-state index in [9.17, 15) is 9.59 Å². The molecule has 0 aliphatic heterocycles. The molecule has 4 N–H and O–H groups in total. The second kappa shape index (κ2) is 6.58. The lowest BCUT2D eigenvalue weighted by Crippen LogP contribution is -2.45. The highest BCUT2D eigenvalue weighted by atomic mass is 16.2. The monoisotopic (exact) mass is 250 g/mol. The van der Waals surface area contributed by atoms with Crippen molar-refractivity contribution in [2.24, 2.45) is 0 Å². The fourth-order valence-electron chi connectivity index (χ4n) is 1.28. The topological polar surface area (TPSA) is 97.1 Å². The number of nitrogens with zero attached hydrogens (tertiary/aromatic N) is 1. The minimum absolute atomic E-state index is 0.208. The van der Waals surface area contributed by atoms with Gasteiger partial charge in [0.25, 0.3) is 5.91 Å². The van der Waals surface area contributed by atoms with Crippen LogP contribution in [0.4, 0.5) is 5.69 Å². The van der Waals surface area contributed by atoms with Gasteiger partial charge in [0.1, 0.15) is 11.7 Å². The lowest BCUT2D eigenvalue weighted by atomic mass is 10.2. The second-order valence-electron chi connectivity index (χ2n) is 3.96. The van der Waals surface area contributed by atoms with Gasteiger partial charge in [0, 0.05) is 6.54 Å². The van der Waals surface area contributed by atoms with Crippen LogP contribution in [0.2, 0.25) is 0 Å². The van der Waals surface area contributed by atoms with Crippen molar-refractivity contribution >= 4 is 17.5 Å². The fourth-order valence-corrected chi connectivity index (χ4v) is 1.28. The van der Waals surface area contributed by atoms with Gasteiger partial charge in [0.05, 0.1) is 11.9 Å². The third-order valence-corrected chi connectivity index (χ3v) is 2.31. The first-order chi connectivity index (χ1) is 8.54. The molecule has 0 spiro atoms. The number of amides is 2.